The van der Waals surface area contributed by atoms with Crippen molar-refractivity contribution in [1.29, 1.82) is 0 Å². The van der Waals surface area contributed by atoms with Crippen LogP contribution in [-0.4, -0.2) is 19.7 Å². The van der Waals surface area contributed by atoms with Crippen molar-refractivity contribution < 1.29 is 4.74 Å². The Morgan fingerprint density at radius 2 is 1.55 bits per heavy atom. The molecule has 0 aliphatic rings. The Balaban J connectivity index is 3.53. The lowest BCUT2D eigenvalue weighted by Crippen LogP contribution is -2.55. The lowest BCUT2D eigenvalue weighted by Gasteiger charge is -2.44. The van der Waals surface area contributed by atoms with Crippen molar-refractivity contribution in [2.75, 3.05) is 6.61 Å². The maximum Gasteiger partial charge on any atom is 0.191 e. The lowest BCUT2D eigenvalue weighted by atomic mass is 10.2. The molecule has 0 aliphatic heterocycles. The van der Waals surface area contributed by atoms with Crippen LogP contribution in [-0.2, 0) is 4.74 Å². The summed E-state index contributed by atoms with van der Waals surface area (Å²) in [5.41, 5.74) is 3.06. The summed E-state index contributed by atoms with van der Waals surface area (Å²) in [5.74, 6) is 0. The highest BCUT2D eigenvalue weighted by atomic mass is 79.9. The van der Waals surface area contributed by atoms with Crippen LogP contribution in [0.3, 0.4) is 0 Å². The molecule has 1 aromatic carbocycles. The first-order chi connectivity index (χ1) is 10.2. The van der Waals surface area contributed by atoms with E-state index < -0.39 is 8.07 Å². The molecule has 22 heavy (non-hydrogen) atoms. The van der Waals surface area contributed by atoms with Crippen LogP contribution < -0.4 is 5.19 Å². The van der Waals surface area contributed by atoms with Crippen LogP contribution in [0.15, 0.2) is 22.7 Å². The molecule has 0 saturated carbocycles. The molecule has 1 rings (SSSR count). The SMILES string of the molecule is CCOC(=S)c1cc(Br)cc([Si](C(C)C)(C(C)C)C(C)C)c1. The summed E-state index contributed by atoms with van der Waals surface area (Å²) < 4.78 is 6.66. The maximum atomic E-state index is 5.56. The highest BCUT2D eigenvalue weighted by Crippen LogP contribution is 2.41. The van der Waals surface area contributed by atoms with Crippen molar-refractivity contribution in [3.63, 3.8) is 0 Å². The Kier molecular flexibility index (Phi) is 7.28. The van der Waals surface area contributed by atoms with Gasteiger partial charge in [0.1, 0.15) is 0 Å². The minimum atomic E-state index is -1.68. The van der Waals surface area contributed by atoms with E-state index >= 15 is 0 Å². The molecule has 0 radical (unpaired) electrons. The minimum absolute atomic E-state index is 0.601. The van der Waals surface area contributed by atoms with Gasteiger partial charge < -0.3 is 4.74 Å². The van der Waals surface area contributed by atoms with Crippen molar-refractivity contribution in [3.8, 4) is 0 Å². The van der Waals surface area contributed by atoms with Crippen molar-refractivity contribution in [2.24, 2.45) is 0 Å². The van der Waals surface area contributed by atoms with E-state index in [-0.39, 0.29) is 0 Å². The third kappa shape index (κ3) is 3.82. The van der Waals surface area contributed by atoms with Gasteiger partial charge in [-0.3, -0.25) is 0 Å². The van der Waals surface area contributed by atoms with E-state index in [2.05, 4.69) is 75.7 Å². The van der Waals surface area contributed by atoms with E-state index in [1.54, 1.807) is 0 Å². The predicted molar refractivity (Wildman–Crippen MR) is 108 cm³/mol. The Hall–Kier alpha value is -0.193. The second-order valence-corrected chi connectivity index (χ2v) is 14.0. The molecule has 0 saturated heterocycles. The quantitative estimate of drug-likeness (QED) is 0.424. The van der Waals surface area contributed by atoms with Gasteiger partial charge in [0.15, 0.2) is 5.05 Å². The molecule has 0 spiro atoms. The fourth-order valence-corrected chi connectivity index (χ4v) is 11.9. The first kappa shape index (κ1) is 19.9. The normalized spacial score (nSPS) is 12.3. The van der Waals surface area contributed by atoms with Gasteiger partial charge in [-0.25, -0.2) is 0 Å². The molecule has 1 nitrogen and oxygen atoms in total. The molecule has 124 valence electrons. The molecule has 0 atom stereocenters. The van der Waals surface area contributed by atoms with E-state index in [1.807, 2.05) is 6.92 Å². The van der Waals surface area contributed by atoms with Crippen molar-refractivity contribution >= 4 is 46.5 Å². The van der Waals surface area contributed by atoms with Crippen LogP contribution in [0.25, 0.3) is 0 Å². The smallest absolute Gasteiger partial charge is 0.191 e. The predicted octanol–water partition coefficient (Wildman–Crippen LogP) is 6.05. The fourth-order valence-electron chi connectivity index (χ4n) is 4.17. The van der Waals surface area contributed by atoms with Gasteiger partial charge in [0.05, 0.1) is 14.7 Å². The minimum Gasteiger partial charge on any atom is -0.483 e. The van der Waals surface area contributed by atoms with Gasteiger partial charge in [-0.2, -0.15) is 0 Å². The number of thiocarbonyl (C=S) groups is 1. The van der Waals surface area contributed by atoms with Gasteiger partial charge in [-0.05, 0) is 47.9 Å². The summed E-state index contributed by atoms with van der Waals surface area (Å²) in [6.45, 7) is 16.9. The van der Waals surface area contributed by atoms with Crippen LogP contribution in [0.4, 0.5) is 0 Å². The van der Waals surface area contributed by atoms with Crippen molar-refractivity contribution in [3.05, 3.63) is 28.2 Å². The van der Waals surface area contributed by atoms with E-state index in [1.165, 1.54) is 5.19 Å². The fraction of sp³-hybridized carbons (Fsp3) is 0.611. The third-order valence-electron chi connectivity index (χ3n) is 4.77. The number of halogens is 1. The van der Waals surface area contributed by atoms with E-state index in [4.69, 9.17) is 17.0 Å². The number of benzene rings is 1. The second-order valence-electron chi connectivity index (χ2n) is 6.85. The topological polar surface area (TPSA) is 9.23 Å². The first-order valence-corrected chi connectivity index (χ1v) is 11.6. The Labute approximate surface area is 151 Å². The first-order valence-electron chi connectivity index (χ1n) is 8.16. The molecule has 0 unspecified atom stereocenters. The Morgan fingerprint density at radius 3 is 1.95 bits per heavy atom. The average molecular weight is 401 g/mol. The van der Waals surface area contributed by atoms with Crippen LogP contribution >= 0.6 is 28.1 Å². The molecular formula is C18H29BrOSSi. The molecule has 0 amide bonds. The zero-order valence-electron chi connectivity index (χ0n) is 14.9. The molecule has 0 fully saturated rings. The lowest BCUT2D eigenvalue weighted by molar-refractivity contribution is 0.337. The average Bonchev–Trinajstić information content (AvgIpc) is 2.37. The van der Waals surface area contributed by atoms with Gasteiger partial charge in [0.25, 0.3) is 0 Å². The van der Waals surface area contributed by atoms with Gasteiger partial charge in [-0.15, -0.1) is 0 Å². The second kappa shape index (κ2) is 8.07. The number of hydrogen-bond donors (Lipinski definition) is 0. The Morgan fingerprint density at radius 1 is 1.05 bits per heavy atom. The van der Waals surface area contributed by atoms with Gasteiger partial charge in [0, 0.05) is 10.0 Å². The summed E-state index contributed by atoms with van der Waals surface area (Å²) in [7, 11) is -1.68. The maximum absolute atomic E-state index is 5.56. The molecule has 0 aliphatic carbocycles. The van der Waals surface area contributed by atoms with Crippen LogP contribution in [0.2, 0.25) is 16.6 Å². The summed E-state index contributed by atoms with van der Waals surface area (Å²) >= 11 is 9.11. The number of rotatable bonds is 6. The molecular weight excluding hydrogens is 372 g/mol. The van der Waals surface area contributed by atoms with Crippen molar-refractivity contribution in [2.45, 2.75) is 65.1 Å². The van der Waals surface area contributed by atoms with E-state index in [0.29, 0.717) is 28.3 Å². The number of hydrogen-bond acceptors (Lipinski definition) is 2. The van der Waals surface area contributed by atoms with Gasteiger partial charge in [0.2, 0.25) is 0 Å². The standard InChI is InChI=1S/C18H29BrOSSi/c1-8-20-18(21)15-9-16(19)11-17(10-15)22(12(2)3,13(4)5)14(6)7/h9-14H,8H2,1-7H3. The monoisotopic (exact) mass is 400 g/mol. The summed E-state index contributed by atoms with van der Waals surface area (Å²) in [5, 5.41) is 2.09. The zero-order chi connectivity index (χ0) is 17.1. The van der Waals surface area contributed by atoms with Crippen molar-refractivity contribution in [1.82, 2.24) is 0 Å². The third-order valence-corrected chi connectivity index (χ3v) is 12.6. The van der Waals surface area contributed by atoms with Gasteiger partial charge in [-0.1, -0.05) is 68.7 Å². The van der Waals surface area contributed by atoms with E-state index in [0.717, 1.165) is 10.0 Å². The Bertz CT molecular complexity index is 504. The molecule has 0 aromatic heterocycles. The molecule has 0 heterocycles. The molecule has 0 bridgehead atoms. The molecule has 0 N–H and O–H groups in total. The van der Waals surface area contributed by atoms with Crippen LogP contribution in [0.1, 0.15) is 54.0 Å². The van der Waals surface area contributed by atoms with Crippen LogP contribution in [0, 0.1) is 0 Å². The van der Waals surface area contributed by atoms with E-state index in [9.17, 15) is 0 Å². The van der Waals surface area contributed by atoms with Crippen LogP contribution in [0.5, 0.6) is 0 Å². The zero-order valence-corrected chi connectivity index (χ0v) is 18.3. The summed E-state index contributed by atoms with van der Waals surface area (Å²) in [4.78, 5) is 0. The van der Waals surface area contributed by atoms with Gasteiger partial charge >= 0.3 is 0 Å². The number of ether oxygens (including phenoxy) is 1. The molecule has 1 aromatic rings. The summed E-state index contributed by atoms with van der Waals surface area (Å²) in [6, 6.07) is 6.67. The largest absolute Gasteiger partial charge is 0.483 e. The highest BCUT2D eigenvalue weighted by molar-refractivity contribution is 9.10. The highest BCUT2D eigenvalue weighted by Gasteiger charge is 2.44. The summed E-state index contributed by atoms with van der Waals surface area (Å²) in [6.07, 6.45) is 0. The molecule has 4 heteroatoms.